The van der Waals surface area contributed by atoms with E-state index in [0.29, 0.717) is 18.9 Å². The molecule has 1 heterocycles. The van der Waals surface area contributed by atoms with Crippen molar-refractivity contribution in [2.45, 2.75) is 57.8 Å². The van der Waals surface area contributed by atoms with Crippen molar-refractivity contribution < 1.29 is 14.3 Å². The van der Waals surface area contributed by atoms with Crippen LogP contribution in [0, 0.1) is 11.8 Å². The molecule has 0 unspecified atom stereocenters. The molecule has 114 valence electrons. The number of hydrogen-bond acceptors (Lipinski definition) is 3. The Labute approximate surface area is 121 Å². The Morgan fingerprint density at radius 3 is 2.40 bits per heavy atom. The molecule has 4 heteroatoms. The number of carbonyl (C=O) groups excluding carboxylic acids is 2. The van der Waals surface area contributed by atoms with Crippen molar-refractivity contribution in [3.63, 3.8) is 0 Å². The van der Waals surface area contributed by atoms with Crippen molar-refractivity contribution in [3.8, 4) is 0 Å². The maximum absolute atomic E-state index is 12.4. The van der Waals surface area contributed by atoms with Crippen molar-refractivity contribution in [2.24, 2.45) is 11.8 Å². The lowest BCUT2D eigenvalue weighted by Gasteiger charge is -2.32. The zero-order valence-electron chi connectivity index (χ0n) is 12.6. The smallest absolute Gasteiger partial charge is 0.310 e. The van der Waals surface area contributed by atoms with Crippen molar-refractivity contribution in [2.75, 3.05) is 20.2 Å². The van der Waals surface area contributed by atoms with Gasteiger partial charge in [-0.1, -0.05) is 25.7 Å². The van der Waals surface area contributed by atoms with Gasteiger partial charge in [0.25, 0.3) is 0 Å². The summed E-state index contributed by atoms with van der Waals surface area (Å²) in [5.41, 5.74) is 0. The van der Waals surface area contributed by atoms with Gasteiger partial charge < -0.3 is 9.64 Å². The molecule has 1 aliphatic heterocycles. The number of esters is 1. The van der Waals surface area contributed by atoms with Crippen molar-refractivity contribution >= 4 is 11.9 Å². The van der Waals surface area contributed by atoms with Crippen LogP contribution >= 0.6 is 0 Å². The number of amides is 1. The van der Waals surface area contributed by atoms with Crippen LogP contribution in [0.25, 0.3) is 0 Å². The van der Waals surface area contributed by atoms with Crippen LogP contribution in [0.2, 0.25) is 0 Å². The number of piperidine rings is 1. The number of nitrogens with zero attached hydrogens (tertiary/aromatic N) is 1. The highest BCUT2D eigenvalue weighted by Gasteiger charge is 2.29. The van der Waals surface area contributed by atoms with Gasteiger partial charge in [-0.25, -0.2) is 0 Å². The summed E-state index contributed by atoms with van der Waals surface area (Å²) in [7, 11) is 1.43. The third-order valence-corrected chi connectivity index (χ3v) is 4.75. The fourth-order valence-electron chi connectivity index (χ4n) is 3.51. The first-order chi connectivity index (χ1) is 9.70. The van der Waals surface area contributed by atoms with Gasteiger partial charge in [-0.3, -0.25) is 9.59 Å². The van der Waals surface area contributed by atoms with Crippen LogP contribution in [0.5, 0.6) is 0 Å². The third-order valence-electron chi connectivity index (χ3n) is 4.75. The fraction of sp³-hybridized carbons (Fsp3) is 0.875. The van der Waals surface area contributed by atoms with E-state index in [9.17, 15) is 9.59 Å². The molecule has 0 N–H and O–H groups in total. The zero-order valence-corrected chi connectivity index (χ0v) is 12.6. The van der Waals surface area contributed by atoms with Crippen LogP contribution in [0.15, 0.2) is 0 Å². The van der Waals surface area contributed by atoms with E-state index in [2.05, 4.69) is 0 Å². The molecule has 0 spiro atoms. The second kappa shape index (κ2) is 7.65. The molecule has 2 aliphatic rings. The summed E-state index contributed by atoms with van der Waals surface area (Å²) in [5.74, 6) is 0.512. The van der Waals surface area contributed by atoms with E-state index in [4.69, 9.17) is 4.74 Å². The summed E-state index contributed by atoms with van der Waals surface area (Å²) in [4.78, 5) is 25.9. The minimum Gasteiger partial charge on any atom is -0.469 e. The average Bonchev–Trinajstić information content (AvgIpc) is 2.75. The Morgan fingerprint density at radius 1 is 1.05 bits per heavy atom. The van der Waals surface area contributed by atoms with Crippen molar-refractivity contribution in [3.05, 3.63) is 0 Å². The molecule has 20 heavy (non-hydrogen) atoms. The molecule has 2 fully saturated rings. The lowest BCUT2D eigenvalue weighted by Crippen LogP contribution is -2.43. The monoisotopic (exact) mass is 281 g/mol. The van der Waals surface area contributed by atoms with Gasteiger partial charge in [0.15, 0.2) is 0 Å². The standard InChI is InChI=1S/C16H27NO3/c1-20-16(19)14-9-6-10-17(12-14)15(18)11-13-7-4-2-3-5-8-13/h13-14H,2-12H2,1H3/t14-/m0/s1. The Kier molecular flexibility index (Phi) is 5.86. The lowest BCUT2D eigenvalue weighted by atomic mass is 9.94. The summed E-state index contributed by atoms with van der Waals surface area (Å²) < 4.78 is 4.81. The molecule has 0 aromatic carbocycles. The van der Waals surface area contributed by atoms with Crippen molar-refractivity contribution in [1.82, 2.24) is 4.90 Å². The minimum absolute atomic E-state index is 0.119. The number of likely N-dealkylation sites (tertiary alicyclic amines) is 1. The highest BCUT2D eigenvalue weighted by Crippen LogP contribution is 2.27. The van der Waals surface area contributed by atoms with Crippen LogP contribution in [0.3, 0.4) is 0 Å². The van der Waals surface area contributed by atoms with Gasteiger partial charge >= 0.3 is 5.97 Å². The summed E-state index contributed by atoms with van der Waals surface area (Å²) in [6, 6.07) is 0. The topological polar surface area (TPSA) is 46.6 Å². The molecule has 0 aromatic rings. The molecule has 1 saturated carbocycles. The van der Waals surface area contributed by atoms with Crippen LogP contribution in [0.4, 0.5) is 0 Å². The number of rotatable bonds is 3. The Balaban J connectivity index is 1.83. The van der Waals surface area contributed by atoms with E-state index in [1.807, 2.05) is 4.90 Å². The molecule has 2 rings (SSSR count). The van der Waals surface area contributed by atoms with E-state index in [0.717, 1.165) is 19.4 Å². The maximum atomic E-state index is 12.4. The van der Waals surface area contributed by atoms with E-state index in [-0.39, 0.29) is 17.8 Å². The van der Waals surface area contributed by atoms with Gasteiger partial charge in [-0.15, -0.1) is 0 Å². The lowest BCUT2D eigenvalue weighted by molar-refractivity contribution is -0.149. The van der Waals surface area contributed by atoms with E-state index < -0.39 is 0 Å². The Morgan fingerprint density at radius 2 is 1.75 bits per heavy atom. The highest BCUT2D eigenvalue weighted by atomic mass is 16.5. The summed E-state index contributed by atoms with van der Waals surface area (Å²) in [6.45, 7) is 1.36. The highest BCUT2D eigenvalue weighted by molar-refractivity contribution is 5.78. The van der Waals surface area contributed by atoms with Crippen molar-refractivity contribution in [1.29, 1.82) is 0 Å². The number of hydrogen-bond donors (Lipinski definition) is 0. The molecule has 0 bridgehead atoms. The largest absolute Gasteiger partial charge is 0.469 e. The number of methoxy groups -OCH3 is 1. The summed E-state index contributed by atoms with van der Waals surface area (Å²) in [6.07, 6.45) is 9.99. The third kappa shape index (κ3) is 4.22. The predicted molar refractivity (Wildman–Crippen MR) is 77.1 cm³/mol. The average molecular weight is 281 g/mol. The molecule has 0 radical (unpaired) electrons. The summed E-state index contributed by atoms with van der Waals surface area (Å²) >= 11 is 0. The molecule has 1 amide bonds. The van der Waals surface area contributed by atoms with E-state index >= 15 is 0 Å². The van der Waals surface area contributed by atoms with Crippen LogP contribution in [-0.2, 0) is 14.3 Å². The van der Waals surface area contributed by atoms with Gasteiger partial charge in [-0.2, -0.15) is 0 Å². The van der Waals surface area contributed by atoms with E-state index in [1.165, 1.54) is 45.6 Å². The first kappa shape index (κ1) is 15.3. The first-order valence-corrected chi connectivity index (χ1v) is 8.06. The van der Waals surface area contributed by atoms with Crippen LogP contribution in [0.1, 0.15) is 57.8 Å². The second-order valence-electron chi connectivity index (χ2n) is 6.26. The minimum atomic E-state index is -0.169. The molecule has 1 aliphatic carbocycles. The molecular weight excluding hydrogens is 254 g/mol. The maximum Gasteiger partial charge on any atom is 0.310 e. The van der Waals surface area contributed by atoms with E-state index in [1.54, 1.807) is 0 Å². The quantitative estimate of drug-likeness (QED) is 0.590. The first-order valence-electron chi connectivity index (χ1n) is 8.06. The molecule has 1 atom stereocenters. The normalized spacial score (nSPS) is 25.1. The molecule has 1 saturated heterocycles. The molecule has 0 aromatic heterocycles. The SMILES string of the molecule is COC(=O)[C@H]1CCCN(C(=O)CC2CCCCCC2)C1. The summed E-state index contributed by atoms with van der Waals surface area (Å²) in [5, 5.41) is 0. The van der Waals surface area contributed by atoms with Crippen LogP contribution < -0.4 is 0 Å². The van der Waals surface area contributed by atoms with Gasteiger partial charge in [0.2, 0.25) is 5.91 Å². The molecule has 4 nitrogen and oxygen atoms in total. The molecular formula is C16H27NO3. The van der Waals surface area contributed by atoms with Gasteiger partial charge in [0.05, 0.1) is 13.0 Å². The predicted octanol–water partition coefficient (Wildman–Crippen LogP) is 2.76. The van der Waals surface area contributed by atoms with Gasteiger partial charge in [-0.05, 0) is 31.6 Å². The Hall–Kier alpha value is -1.06. The van der Waals surface area contributed by atoms with Gasteiger partial charge in [0, 0.05) is 19.5 Å². The number of carbonyl (C=O) groups is 2. The van der Waals surface area contributed by atoms with Crippen LogP contribution in [-0.4, -0.2) is 37.0 Å². The Bertz CT molecular complexity index is 335. The fourth-order valence-corrected chi connectivity index (χ4v) is 3.51. The number of ether oxygens (including phenoxy) is 1. The second-order valence-corrected chi connectivity index (χ2v) is 6.26. The van der Waals surface area contributed by atoms with Gasteiger partial charge in [0.1, 0.15) is 0 Å². The zero-order chi connectivity index (χ0) is 14.4.